The van der Waals surface area contributed by atoms with Gasteiger partial charge < -0.3 is 11.1 Å². The van der Waals surface area contributed by atoms with Crippen molar-refractivity contribution in [1.82, 2.24) is 5.32 Å². The lowest BCUT2D eigenvalue weighted by Gasteiger charge is -2.30. The van der Waals surface area contributed by atoms with E-state index in [-0.39, 0.29) is 11.3 Å². The van der Waals surface area contributed by atoms with E-state index >= 15 is 0 Å². The number of amides is 1. The Morgan fingerprint density at radius 3 is 2.17 bits per heavy atom. The monoisotopic (exact) mass is 254 g/mol. The van der Waals surface area contributed by atoms with Gasteiger partial charge in [0, 0.05) is 13.1 Å². The lowest BCUT2D eigenvalue weighted by atomic mass is 9.79. The summed E-state index contributed by atoms with van der Waals surface area (Å²) in [6.07, 6.45) is 9.00. The Bertz CT molecular complexity index is 241. The fourth-order valence-corrected chi connectivity index (χ4v) is 2.93. The molecule has 0 spiro atoms. The molecular formula is C15H30N2O. The standard InChI is InChI=1S/C15H30N2O/c1-3-13(4-2)11-17-14(18)15(12-16)9-7-5-6-8-10-15/h13H,3-12,16H2,1-2H3,(H,17,18). The first kappa shape index (κ1) is 15.5. The average Bonchev–Trinajstić information content (AvgIpc) is 2.66. The van der Waals surface area contributed by atoms with Crippen LogP contribution >= 0.6 is 0 Å². The summed E-state index contributed by atoms with van der Waals surface area (Å²) in [6.45, 7) is 5.69. The molecule has 0 atom stereocenters. The van der Waals surface area contributed by atoms with E-state index in [1.54, 1.807) is 0 Å². The number of nitrogens with one attached hydrogen (secondary N) is 1. The van der Waals surface area contributed by atoms with E-state index < -0.39 is 0 Å². The van der Waals surface area contributed by atoms with Gasteiger partial charge in [0.05, 0.1) is 5.41 Å². The topological polar surface area (TPSA) is 55.1 Å². The fourth-order valence-electron chi connectivity index (χ4n) is 2.93. The van der Waals surface area contributed by atoms with Crippen molar-refractivity contribution in [3.05, 3.63) is 0 Å². The van der Waals surface area contributed by atoms with E-state index in [4.69, 9.17) is 5.73 Å². The third-order valence-corrected chi connectivity index (χ3v) is 4.64. The number of hydrogen-bond donors (Lipinski definition) is 2. The molecule has 0 aromatic carbocycles. The maximum Gasteiger partial charge on any atom is 0.227 e. The SMILES string of the molecule is CCC(CC)CNC(=O)C1(CN)CCCCCC1. The number of carbonyl (C=O) groups is 1. The van der Waals surface area contributed by atoms with Crippen molar-refractivity contribution in [3.63, 3.8) is 0 Å². The van der Waals surface area contributed by atoms with Gasteiger partial charge in [-0.05, 0) is 18.8 Å². The largest absolute Gasteiger partial charge is 0.355 e. The molecule has 0 radical (unpaired) electrons. The van der Waals surface area contributed by atoms with Crippen LogP contribution in [0, 0.1) is 11.3 Å². The first-order chi connectivity index (χ1) is 8.68. The zero-order chi connectivity index (χ0) is 13.4. The Kier molecular flexibility index (Phi) is 6.69. The zero-order valence-electron chi connectivity index (χ0n) is 12.1. The lowest BCUT2D eigenvalue weighted by molar-refractivity contribution is -0.131. The Hall–Kier alpha value is -0.570. The van der Waals surface area contributed by atoms with Crippen LogP contribution in [0.25, 0.3) is 0 Å². The van der Waals surface area contributed by atoms with Gasteiger partial charge in [-0.3, -0.25) is 4.79 Å². The minimum absolute atomic E-state index is 0.207. The van der Waals surface area contributed by atoms with Crippen LogP contribution in [0.15, 0.2) is 0 Å². The predicted molar refractivity (Wildman–Crippen MR) is 76.3 cm³/mol. The van der Waals surface area contributed by atoms with Gasteiger partial charge in [0.25, 0.3) is 0 Å². The molecule has 3 heteroatoms. The molecule has 0 aliphatic heterocycles. The van der Waals surface area contributed by atoms with Crippen molar-refractivity contribution < 1.29 is 4.79 Å². The summed E-state index contributed by atoms with van der Waals surface area (Å²) in [4.78, 5) is 12.4. The van der Waals surface area contributed by atoms with Crippen LogP contribution in [-0.4, -0.2) is 19.0 Å². The second-order valence-electron chi connectivity index (χ2n) is 5.79. The third-order valence-electron chi connectivity index (χ3n) is 4.64. The molecule has 0 bridgehead atoms. The van der Waals surface area contributed by atoms with Crippen LogP contribution in [-0.2, 0) is 4.79 Å². The summed E-state index contributed by atoms with van der Waals surface area (Å²) in [5.41, 5.74) is 5.64. The summed E-state index contributed by atoms with van der Waals surface area (Å²) in [7, 11) is 0. The van der Waals surface area contributed by atoms with Gasteiger partial charge in [-0.25, -0.2) is 0 Å². The molecule has 3 N–H and O–H groups in total. The quantitative estimate of drug-likeness (QED) is 0.716. The maximum atomic E-state index is 12.4. The summed E-state index contributed by atoms with van der Waals surface area (Å²) in [6, 6.07) is 0. The summed E-state index contributed by atoms with van der Waals surface area (Å²) >= 11 is 0. The Balaban J connectivity index is 2.55. The molecular weight excluding hydrogens is 224 g/mol. The molecule has 0 aromatic rings. The van der Waals surface area contributed by atoms with Gasteiger partial charge in [0.15, 0.2) is 0 Å². The highest BCUT2D eigenvalue weighted by atomic mass is 16.2. The molecule has 18 heavy (non-hydrogen) atoms. The smallest absolute Gasteiger partial charge is 0.227 e. The zero-order valence-corrected chi connectivity index (χ0v) is 12.1. The molecule has 1 fully saturated rings. The highest BCUT2D eigenvalue weighted by Crippen LogP contribution is 2.34. The van der Waals surface area contributed by atoms with Crippen molar-refractivity contribution in [2.75, 3.05) is 13.1 Å². The Morgan fingerprint density at radius 1 is 1.17 bits per heavy atom. The van der Waals surface area contributed by atoms with E-state index in [0.29, 0.717) is 12.5 Å². The molecule has 1 aliphatic rings. The van der Waals surface area contributed by atoms with Gasteiger partial charge in [-0.2, -0.15) is 0 Å². The van der Waals surface area contributed by atoms with Crippen molar-refractivity contribution in [3.8, 4) is 0 Å². The Labute approximate surface area is 112 Å². The summed E-state index contributed by atoms with van der Waals surface area (Å²) in [5, 5.41) is 3.15. The molecule has 1 amide bonds. The van der Waals surface area contributed by atoms with Crippen LogP contribution in [0.3, 0.4) is 0 Å². The molecule has 3 nitrogen and oxygen atoms in total. The van der Waals surface area contributed by atoms with Crippen LogP contribution in [0.1, 0.15) is 65.2 Å². The van der Waals surface area contributed by atoms with Gasteiger partial charge in [0.1, 0.15) is 0 Å². The van der Waals surface area contributed by atoms with E-state index in [9.17, 15) is 4.79 Å². The highest BCUT2D eigenvalue weighted by molar-refractivity contribution is 5.82. The maximum absolute atomic E-state index is 12.4. The molecule has 1 saturated carbocycles. The molecule has 0 unspecified atom stereocenters. The average molecular weight is 254 g/mol. The van der Waals surface area contributed by atoms with E-state index in [1.807, 2.05) is 0 Å². The molecule has 1 rings (SSSR count). The summed E-state index contributed by atoms with van der Waals surface area (Å²) < 4.78 is 0. The van der Waals surface area contributed by atoms with Crippen LogP contribution in [0.5, 0.6) is 0 Å². The third kappa shape index (κ3) is 3.98. The second-order valence-corrected chi connectivity index (χ2v) is 5.79. The van der Waals surface area contributed by atoms with Crippen molar-refractivity contribution in [2.45, 2.75) is 65.2 Å². The minimum atomic E-state index is -0.275. The lowest BCUT2D eigenvalue weighted by Crippen LogP contribution is -2.46. The van der Waals surface area contributed by atoms with Crippen molar-refractivity contribution in [1.29, 1.82) is 0 Å². The number of carbonyl (C=O) groups excluding carboxylic acids is 1. The van der Waals surface area contributed by atoms with Gasteiger partial charge >= 0.3 is 0 Å². The van der Waals surface area contributed by atoms with Gasteiger partial charge in [-0.15, -0.1) is 0 Å². The molecule has 1 aliphatic carbocycles. The number of hydrogen-bond acceptors (Lipinski definition) is 2. The van der Waals surface area contributed by atoms with Gasteiger partial charge in [-0.1, -0.05) is 52.4 Å². The number of rotatable bonds is 6. The molecule has 0 aromatic heterocycles. The van der Waals surface area contributed by atoms with Gasteiger partial charge in [0.2, 0.25) is 5.91 Å². The fraction of sp³-hybridized carbons (Fsp3) is 0.933. The first-order valence-corrected chi connectivity index (χ1v) is 7.67. The molecule has 0 saturated heterocycles. The molecule has 0 heterocycles. The van der Waals surface area contributed by atoms with Crippen molar-refractivity contribution in [2.24, 2.45) is 17.1 Å². The van der Waals surface area contributed by atoms with E-state index in [0.717, 1.165) is 45.1 Å². The predicted octanol–water partition coefficient (Wildman–Crippen LogP) is 2.84. The number of nitrogens with two attached hydrogens (primary N) is 1. The first-order valence-electron chi connectivity index (χ1n) is 7.67. The van der Waals surface area contributed by atoms with Crippen LogP contribution in [0.4, 0.5) is 0 Å². The minimum Gasteiger partial charge on any atom is -0.355 e. The summed E-state index contributed by atoms with van der Waals surface area (Å²) in [5.74, 6) is 0.813. The van der Waals surface area contributed by atoms with Crippen molar-refractivity contribution >= 4 is 5.91 Å². The molecule has 106 valence electrons. The highest BCUT2D eigenvalue weighted by Gasteiger charge is 2.37. The van der Waals surface area contributed by atoms with E-state index in [2.05, 4.69) is 19.2 Å². The Morgan fingerprint density at radius 2 is 1.72 bits per heavy atom. The van der Waals surface area contributed by atoms with Crippen LogP contribution < -0.4 is 11.1 Å². The van der Waals surface area contributed by atoms with Crippen LogP contribution in [0.2, 0.25) is 0 Å². The van der Waals surface area contributed by atoms with E-state index in [1.165, 1.54) is 12.8 Å². The second kappa shape index (κ2) is 7.78. The normalized spacial score (nSPS) is 19.6.